The Balaban J connectivity index is 2.35. The Kier molecular flexibility index (Phi) is 7.01. The van der Waals surface area contributed by atoms with Gasteiger partial charge in [0, 0.05) is 12.2 Å². The van der Waals surface area contributed by atoms with Crippen molar-refractivity contribution in [3.8, 4) is 5.75 Å². The summed E-state index contributed by atoms with van der Waals surface area (Å²) in [6.45, 7) is 0.908. The SMILES string of the molecule is NC(=S)c1ccc(OCCCCCCO)cc1Cl. The van der Waals surface area contributed by atoms with Crippen LogP contribution in [-0.4, -0.2) is 23.3 Å². The second kappa shape index (κ2) is 8.29. The molecule has 0 radical (unpaired) electrons. The maximum Gasteiger partial charge on any atom is 0.120 e. The molecular formula is C13H18ClNO2S. The van der Waals surface area contributed by atoms with Crippen LogP contribution in [0.2, 0.25) is 5.02 Å². The molecule has 0 aliphatic heterocycles. The van der Waals surface area contributed by atoms with Gasteiger partial charge >= 0.3 is 0 Å². The molecule has 0 amide bonds. The first kappa shape index (κ1) is 15.2. The Morgan fingerprint density at radius 1 is 1.28 bits per heavy atom. The minimum atomic E-state index is 0.261. The van der Waals surface area contributed by atoms with Gasteiger partial charge in [0.1, 0.15) is 10.7 Å². The Morgan fingerprint density at radius 3 is 2.61 bits per heavy atom. The summed E-state index contributed by atoms with van der Waals surface area (Å²) in [5.74, 6) is 0.724. The van der Waals surface area contributed by atoms with Gasteiger partial charge in [-0.1, -0.05) is 30.2 Å². The molecular weight excluding hydrogens is 270 g/mol. The minimum Gasteiger partial charge on any atom is -0.494 e. The lowest BCUT2D eigenvalue weighted by Crippen LogP contribution is -2.10. The van der Waals surface area contributed by atoms with Crippen LogP contribution in [0.3, 0.4) is 0 Å². The highest BCUT2D eigenvalue weighted by molar-refractivity contribution is 7.80. The maximum absolute atomic E-state index is 8.64. The van der Waals surface area contributed by atoms with Gasteiger partial charge in [-0.05, 0) is 37.5 Å². The normalized spacial score (nSPS) is 10.3. The van der Waals surface area contributed by atoms with Crippen molar-refractivity contribution in [3.63, 3.8) is 0 Å². The molecule has 1 aromatic carbocycles. The zero-order chi connectivity index (χ0) is 13.4. The fourth-order valence-corrected chi connectivity index (χ4v) is 2.05. The van der Waals surface area contributed by atoms with E-state index in [1.165, 1.54) is 0 Å². The maximum atomic E-state index is 8.64. The number of nitrogens with two attached hydrogens (primary N) is 1. The first-order valence-corrected chi connectivity index (χ1v) is 6.77. The van der Waals surface area contributed by atoms with Crippen LogP contribution < -0.4 is 10.5 Å². The Morgan fingerprint density at radius 2 is 2.00 bits per heavy atom. The van der Waals surface area contributed by atoms with E-state index in [2.05, 4.69) is 0 Å². The molecule has 0 saturated heterocycles. The molecule has 1 rings (SSSR count). The van der Waals surface area contributed by atoms with Gasteiger partial charge in [0.05, 0.1) is 11.6 Å². The van der Waals surface area contributed by atoms with Crippen molar-refractivity contribution in [3.05, 3.63) is 28.8 Å². The van der Waals surface area contributed by atoms with Crippen molar-refractivity contribution < 1.29 is 9.84 Å². The molecule has 18 heavy (non-hydrogen) atoms. The molecule has 3 N–H and O–H groups in total. The number of ether oxygens (including phenoxy) is 1. The van der Waals surface area contributed by atoms with Crippen LogP contribution in [0.25, 0.3) is 0 Å². The van der Waals surface area contributed by atoms with E-state index in [1.807, 2.05) is 6.07 Å². The zero-order valence-electron chi connectivity index (χ0n) is 10.2. The van der Waals surface area contributed by atoms with Crippen LogP contribution in [0, 0.1) is 0 Å². The number of halogens is 1. The molecule has 5 heteroatoms. The molecule has 0 fully saturated rings. The topological polar surface area (TPSA) is 55.5 Å². The van der Waals surface area contributed by atoms with E-state index in [0.717, 1.165) is 31.4 Å². The highest BCUT2D eigenvalue weighted by Crippen LogP contribution is 2.22. The van der Waals surface area contributed by atoms with Crippen molar-refractivity contribution in [1.82, 2.24) is 0 Å². The Labute approximate surface area is 118 Å². The van der Waals surface area contributed by atoms with Gasteiger partial charge in [-0.25, -0.2) is 0 Å². The Bertz CT molecular complexity index is 399. The van der Waals surface area contributed by atoms with Gasteiger partial charge < -0.3 is 15.6 Å². The summed E-state index contributed by atoms with van der Waals surface area (Å²) >= 11 is 10.9. The first-order valence-electron chi connectivity index (χ1n) is 5.98. The molecule has 3 nitrogen and oxygen atoms in total. The number of hydrogen-bond acceptors (Lipinski definition) is 3. The largest absolute Gasteiger partial charge is 0.494 e. The zero-order valence-corrected chi connectivity index (χ0v) is 11.8. The van der Waals surface area contributed by atoms with Crippen molar-refractivity contribution in [2.45, 2.75) is 25.7 Å². The van der Waals surface area contributed by atoms with E-state index in [0.29, 0.717) is 17.2 Å². The van der Waals surface area contributed by atoms with E-state index in [1.54, 1.807) is 12.1 Å². The molecule has 0 aliphatic rings. The molecule has 0 saturated carbocycles. The summed E-state index contributed by atoms with van der Waals surface area (Å²) in [6.07, 6.45) is 3.91. The fraction of sp³-hybridized carbons (Fsp3) is 0.462. The predicted octanol–water partition coefficient (Wildman–Crippen LogP) is 2.91. The van der Waals surface area contributed by atoms with Crippen molar-refractivity contribution >= 4 is 28.8 Å². The van der Waals surface area contributed by atoms with E-state index in [4.69, 9.17) is 39.4 Å². The van der Waals surface area contributed by atoms with E-state index >= 15 is 0 Å². The first-order chi connectivity index (χ1) is 8.65. The summed E-state index contributed by atoms with van der Waals surface area (Å²) < 4.78 is 5.57. The van der Waals surface area contributed by atoms with Crippen LogP contribution >= 0.6 is 23.8 Å². The predicted molar refractivity (Wildman–Crippen MR) is 78.4 cm³/mol. The quantitative estimate of drug-likeness (QED) is 0.570. The molecule has 1 aromatic rings. The van der Waals surface area contributed by atoms with Gasteiger partial charge in [0.2, 0.25) is 0 Å². The average molecular weight is 288 g/mol. The lowest BCUT2D eigenvalue weighted by atomic mass is 10.2. The highest BCUT2D eigenvalue weighted by Gasteiger charge is 2.04. The van der Waals surface area contributed by atoms with Crippen molar-refractivity contribution in [1.29, 1.82) is 0 Å². The second-order valence-electron chi connectivity index (χ2n) is 3.99. The van der Waals surface area contributed by atoms with Crippen molar-refractivity contribution in [2.24, 2.45) is 5.73 Å². The standard InChI is InChI=1S/C13H18ClNO2S/c14-12-9-10(5-6-11(12)13(15)18)17-8-4-2-1-3-7-16/h5-6,9,16H,1-4,7-8H2,(H2,15,18). The van der Waals surface area contributed by atoms with Gasteiger partial charge in [-0.3, -0.25) is 0 Å². The fourth-order valence-electron chi connectivity index (χ4n) is 1.54. The molecule has 100 valence electrons. The number of benzene rings is 1. The van der Waals surface area contributed by atoms with Gasteiger partial charge in [-0.2, -0.15) is 0 Å². The number of unbranched alkanes of at least 4 members (excludes halogenated alkanes) is 3. The van der Waals surface area contributed by atoms with E-state index < -0.39 is 0 Å². The lowest BCUT2D eigenvalue weighted by Gasteiger charge is -2.08. The molecule has 0 aliphatic carbocycles. The van der Waals surface area contributed by atoms with Crippen LogP contribution in [-0.2, 0) is 0 Å². The lowest BCUT2D eigenvalue weighted by molar-refractivity contribution is 0.273. The number of aliphatic hydroxyl groups excluding tert-OH is 1. The van der Waals surface area contributed by atoms with E-state index in [-0.39, 0.29) is 11.6 Å². The highest BCUT2D eigenvalue weighted by atomic mass is 35.5. The molecule has 0 atom stereocenters. The van der Waals surface area contributed by atoms with Crippen LogP contribution in [0.4, 0.5) is 0 Å². The van der Waals surface area contributed by atoms with Crippen LogP contribution in [0.5, 0.6) is 5.75 Å². The summed E-state index contributed by atoms with van der Waals surface area (Å²) in [7, 11) is 0. The minimum absolute atomic E-state index is 0.261. The third-order valence-corrected chi connectivity index (χ3v) is 3.06. The van der Waals surface area contributed by atoms with E-state index in [9.17, 15) is 0 Å². The molecule has 0 heterocycles. The molecule has 0 spiro atoms. The molecule has 0 bridgehead atoms. The monoisotopic (exact) mass is 287 g/mol. The van der Waals surface area contributed by atoms with Gasteiger partial charge in [0.25, 0.3) is 0 Å². The molecule has 0 unspecified atom stereocenters. The summed E-state index contributed by atoms with van der Waals surface area (Å²) in [5.41, 5.74) is 6.19. The Hall–Kier alpha value is -0.840. The smallest absolute Gasteiger partial charge is 0.120 e. The number of aliphatic hydroxyl groups is 1. The van der Waals surface area contributed by atoms with Crippen molar-refractivity contribution in [2.75, 3.05) is 13.2 Å². The second-order valence-corrected chi connectivity index (χ2v) is 4.84. The summed E-state index contributed by atoms with van der Waals surface area (Å²) in [6, 6.07) is 5.31. The third-order valence-electron chi connectivity index (χ3n) is 2.53. The average Bonchev–Trinajstić information content (AvgIpc) is 2.33. The third kappa shape index (κ3) is 5.21. The molecule has 0 aromatic heterocycles. The number of rotatable bonds is 8. The summed E-state index contributed by atoms with van der Waals surface area (Å²) in [5, 5.41) is 9.15. The number of hydrogen-bond donors (Lipinski definition) is 2. The van der Waals surface area contributed by atoms with Gasteiger partial charge in [-0.15, -0.1) is 0 Å². The van der Waals surface area contributed by atoms with Gasteiger partial charge in [0.15, 0.2) is 0 Å². The summed E-state index contributed by atoms with van der Waals surface area (Å²) in [4.78, 5) is 0.288. The van der Waals surface area contributed by atoms with Crippen LogP contribution in [0.1, 0.15) is 31.2 Å². The number of thiocarbonyl (C=S) groups is 1. The van der Waals surface area contributed by atoms with Crippen LogP contribution in [0.15, 0.2) is 18.2 Å².